The number of nitrogens with zero attached hydrogens (tertiary/aromatic N) is 1. The molecule has 0 radical (unpaired) electrons. The van der Waals surface area contributed by atoms with Crippen molar-refractivity contribution in [3.05, 3.63) is 16.0 Å². The van der Waals surface area contributed by atoms with Gasteiger partial charge in [0.1, 0.15) is 5.00 Å². The summed E-state index contributed by atoms with van der Waals surface area (Å²) in [5.74, 6) is -0.725. The van der Waals surface area contributed by atoms with Gasteiger partial charge in [-0.1, -0.05) is 0 Å². The van der Waals surface area contributed by atoms with Crippen LogP contribution in [0.4, 0.5) is 5.00 Å². The molecule has 1 aliphatic heterocycles. The van der Waals surface area contributed by atoms with Crippen LogP contribution in [-0.2, 0) is 16.0 Å². The number of hydrogen-bond donors (Lipinski definition) is 2. The zero-order valence-electron chi connectivity index (χ0n) is 14.5. The second-order valence-corrected chi connectivity index (χ2v) is 6.95. The van der Waals surface area contributed by atoms with Crippen LogP contribution in [0.2, 0.25) is 0 Å². The summed E-state index contributed by atoms with van der Waals surface area (Å²) in [6, 6.07) is 0. The summed E-state index contributed by atoms with van der Waals surface area (Å²) in [4.78, 5) is 27.1. The number of ether oxygens (including phenoxy) is 2. The molecule has 0 aliphatic carbocycles. The molecule has 1 aliphatic rings. The van der Waals surface area contributed by atoms with Crippen molar-refractivity contribution < 1.29 is 19.1 Å². The molecule has 2 atom stereocenters. The molecule has 3 N–H and O–H groups in total. The molecule has 2 rings (SSSR count). The first-order valence-corrected chi connectivity index (χ1v) is 8.87. The molecule has 134 valence electrons. The highest BCUT2D eigenvalue weighted by molar-refractivity contribution is 7.18. The molecule has 0 bridgehead atoms. The van der Waals surface area contributed by atoms with Crippen molar-refractivity contribution in [2.45, 2.75) is 39.5 Å². The molecule has 0 unspecified atom stereocenters. The van der Waals surface area contributed by atoms with E-state index in [9.17, 15) is 9.59 Å². The van der Waals surface area contributed by atoms with Crippen molar-refractivity contribution in [2.75, 3.05) is 32.5 Å². The van der Waals surface area contributed by atoms with E-state index in [1.165, 1.54) is 0 Å². The van der Waals surface area contributed by atoms with E-state index >= 15 is 0 Å². The number of anilines is 1. The Morgan fingerprint density at radius 1 is 1.38 bits per heavy atom. The predicted octanol–water partition coefficient (Wildman–Crippen LogP) is 1.48. The fourth-order valence-corrected chi connectivity index (χ4v) is 4.01. The molecular weight excluding hydrogens is 330 g/mol. The van der Waals surface area contributed by atoms with Gasteiger partial charge in [0.25, 0.3) is 5.91 Å². The van der Waals surface area contributed by atoms with Crippen LogP contribution < -0.4 is 11.1 Å². The minimum Gasteiger partial charge on any atom is -0.462 e. The van der Waals surface area contributed by atoms with E-state index in [1.807, 2.05) is 13.8 Å². The lowest BCUT2D eigenvalue weighted by atomic mass is 10.1. The highest BCUT2D eigenvalue weighted by Gasteiger charge is 2.30. The zero-order chi connectivity index (χ0) is 17.9. The Labute approximate surface area is 146 Å². The molecule has 1 aromatic rings. The summed E-state index contributed by atoms with van der Waals surface area (Å²) in [6.07, 6.45) is 0.193. The van der Waals surface area contributed by atoms with Crippen molar-refractivity contribution in [3.8, 4) is 0 Å². The van der Waals surface area contributed by atoms with Gasteiger partial charge in [0.2, 0.25) is 0 Å². The monoisotopic (exact) mass is 355 g/mol. The number of nitrogen functional groups attached to an aromatic ring is 1. The van der Waals surface area contributed by atoms with Crippen LogP contribution in [0, 0.1) is 0 Å². The lowest BCUT2D eigenvalue weighted by molar-refractivity contribution is -0.0705. The van der Waals surface area contributed by atoms with Crippen LogP contribution in [0.3, 0.4) is 0 Å². The molecule has 24 heavy (non-hydrogen) atoms. The molecule has 0 spiro atoms. The van der Waals surface area contributed by atoms with Gasteiger partial charge in [-0.25, -0.2) is 4.79 Å². The Hall–Kier alpha value is -1.64. The van der Waals surface area contributed by atoms with Crippen LogP contribution >= 0.6 is 11.3 Å². The van der Waals surface area contributed by atoms with E-state index in [-0.39, 0.29) is 24.7 Å². The quantitative estimate of drug-likeness (QED) is 0.777. The van der Waals surface area contributed by atoms with Gasteiger partial charge in [0.05, 0.1) is 29.3 Å². The smallest absolute Gasteiger partial charge is 0.341 e. The highest BCUT2D eigenvalue weighted by atomic mass is 32.1. The molecule has 0 aromatic carbocycles. The first-order chi connectivity index (χ1) is 11.4. The van der Waals surface area contributed by atoms with Crippen molar-refractivity contribution in [1.29, 1.82) is 0 Å². The maximum absolute atomic E-state index is 12.3. The van der Waals surface area contributed by atoms with Crippen LogP contribution in [0.15, 0.2) is 0 Å². The van der Waals surface area contributed by atoms with Gasteiger partial charge < -0.3 is 20.5 Å². The van der Waals surface area contributed by atoms with Crippen molar-refractivity contribution >= 4 is 28.2 Å². The molecule has 2 heterocycles. The molecule has 0 saturated carbocycles. The Kier molecular flexibility index (Phi) is 6.20. The second-order valence-electron chi connectivity index (χ2n) is 5.90. The van der Waals surface area contributed by atoms with Crippen molar-refractivity contribution in [3.63, 3.8) is 0 Å². The summed E-state index contributed by atoms with van der Waals surface area (Å²) in [5.41, 5.74) is 6.97. The molecule has 7 nitrogen and oxygen atoms in total. The van der Waals surface area contributed by atoms with Gasteiger partial charge >= 0.3 is 5.97 Å². The van der Waals surface area contributed by atoms with E-state index in [0.717, 1.165) is 24.4 Å². The Morgan fingerprint density at radius 2 is 2.00 bits per heavy atom. The van der Waals surface area contributed by atoms with Crippen LogP contribution in [0.5, 0.6) is 0 Å². The third-order valence-electron chi connectivity index (χ3n) is 3.82. The van der Waals surface area contributed by atoms with Gasteiger partial charge in [0, 0.05) is 32.2 Å². The Bertz CT molecular complexity index is 607. The standard InChI is InChI=1S/C16H25N3O4S/c1-5-22-16(21)12-11(13(15(20)18-4)24-14(12)17)8-19-6-9(2)23-10(3)7-19/h9-10H,5-8,17H2,1-4H3,(H,18,20)/t9-,10+. The minimum atomic E-state index is -0.481. The van der Waals surface area contributed by atoms with E-state index in [2.05, 4.69) is 10.2 Å². The molecule has 1 saturated heterocycles. The maximum Gasteiger partial charge on any atom is 0.341 e. The SMILES string of the molecule is CCOC(=O)c1c(N)sc(C(=O)NC)c1CN1C[C@@H](C)O[C@@H](C)C1. The average molecular weight is 355 g/mol. The summed E-state index contributed by atoms with van der Waals surface area (Å²) in [5, 5.41) is 2.92. The first-order valence-electron chi connectivity index (χ1n) is 8.05. The average Bonchev–Trinajstić information content (AvgIpc) is 2.82. The maximum atomic E-state index is 12.3. The number of carbonyl (C=O) groups is 2. The Balaban J connectivity index is 2.37. The number of nitrogens with one attached hydrogen (secondary N) is 1. The van der Waals surface area contributed by atoms with Crippen LogP contribution in [0.25, 0.3) is 0 Å². The number of thiophene rings is 1. The van der Waals surface area contributed by atoms with E-state index in [4.69, 9.17) is 15.2 Å². The molecular formula is C16H25N3O4S. The number of amides is 1. The normalized spacial score (nSPS) is 21.5. The fourth-order valence-electron chi connectivity index (χ4n) is 3.00. The number of esters is 1. The summed E-state index contributed by atoms with van der Waals surface area (Å²) in [7, 11) is 1.56. The van der Waals surface area contributed by atoms with Crippen molar-refractivity contribution in [1.82, 2.24) is 10.2 Å². The number of rotatable bonds is 5. The van der Waals surface area contributed by atoms with E-state index < -0.39 is 5.97 Å². The molecule has 1 aromatic heterocycles. The van der Waals surface area contributed by atoms with Crippen LogP contribution in [0.1, 0.15) is 46.4 Å². The zero-order valence-corrected chi connectivity index (χ0v) is 15.4. The second kappa shape index (κ2) is 7.96. The van der Waals surface area contributed by atoms with Gasteiger partial charge in [-0.2, -0.15) is 0 Å². The highest BCUT2D eigenvalue weighted by Crippen LogP contribution is 2.33. The Morgan fingerprint density at radius 3 is 2.54 bits per heavy atom. The van der Waals surface area contributed by atoms with Gasteiger partial charge in [-0.15, -0.1) is 11.3 Å². The van der Waals surface area contributed by atoms with E-state index in [0.29, 0.717) is 27.5 Å². The van der Waals surface area contributed by atoms with E-state index in [1.54, 1.807) is 14.0 Å². The van der Waals surface area contributed by atoms with Gasteiger partial charge in [0.15, 0.2) is 0 Å². The minimum absolute atomic E-state index is 0.0965. The predicted molar refractivity (Wildman–Crippen MR) is 93.4 cm³/mol. The molecule has 1 amide bonds. The van der Waals surface area contributed by atoms with Crippen molar-refractivity contribution in [2.24, 2.45) is 0 Å². The first kappa shape index (κ1) is 18.7. The fraction of sp³-hybridized carbons (Fsp3) is 0.625. The number of hydrogen-bond acceptors (Lipinski definition) is 7. The largest absolute Gasteiger partial charge is 0.462 e. The summed E-state index contributed by atoms with van der Waals surface area (Å²) < 4.78 is 10.9. The van der Waals surface area contributed by atoms with Crippen LogP contribution in [-0.4, -0.2) is 55.7 Å². The third kappa shape index (κ3) is 4.06. The lowest BCUT2D eigenvalue weighted by Gasteiger charge is -2.35. The molecule has 1 fully saturated rings. The number of nitrogens with two attached hydrogens (primary N) is 1. The molecule has 8 heteroatoms. The summed E-state index contributed by atoms with van der Waals surface area (Å²) >= 11 is 1.13. The van der Waals surface area contributed by atoms with Gasteiger partial charge in [-0.05, 0) is 20.8 Å². The number of carbonyl (C=O) groups excluding carboxylic acids is 2. The van der Waals surface area contributed by atoms with Gasteiger partial charge in [-0.3, -0.25) is 9.69 Å². The topological polar surface area (TPSA) is 93.9 Å². The third-order valence-corrected chi connectivity index (χ3v) is 4.88. The number of morpholine rings is 1. The summed E-state index contributed by atoms with van der Waals surface area (Å²) in [6.45, 7) is 7.94. The lowest BCUT2D eigenvalue weighted by Crippen LogP contribution is -2.45.